The summed E-state index contributed by atoms with van der Waals surface area (Å²) in [5.41, 5.74) is 5.40. The second-order valence-electron chi connectivity index (χ2n) is 14.9. The van der Waals surface area contributed by atoms with E-state index < -0.39 is 18.4 Å². The minimum atomic E-state index is -3.75. The number of hydrogen-bond acceptors (Lipinski definition) is 4. The molecule has 3 aliphatic carbocycles. The molecule has 0 unspecified atom stereocenters. The Kier molecular flexibility index (Phi) is 9.70. The van der Waals surface area contributed by atoms with E-state index in [1.165, 1.54) is 30.4 Å². The highest BCUT2D eigenvalue weighted by atomic mass is 32.2. The van der Waals surface area contributed by atoms with Crippen molar-refractivity contribution in [1.82, 2.24) is 0 Å². The van der Waals surface area contributed by atoms with Crippen LogP contribution in [0.25, 0.3) is 0 Å². The molecule has 0 amide bonds. The molecule has 3 saturated carbocycles. The highest BCUT2D eigenvalue weighted by molar-refractivity contribution is 7.86. The molecule has 0 aromatic heterocycles. The van der Waals surface area contributed by atoms with Gasteiger partial charge in [0.05, 0.1) is 11.5 Å². The molecule has 6 heteroatoms. The number of fused-ring (bicyclic) bond motifs is 1. The van der Waals surface area contributed by atoms with E-state index in [4.69, 9.17) is 8.61 Å². The maximum atomic E-state index is 12.8. The van der Waals surface area contributed by atoms with Crippen LogP contribution >= 0.6 is 0 Å². The smallest absolute Gasteiger partial charge is 0.296 e. The number of rotatable bonds is 8. The third kappa shape index (κ3) is 7.19. The molecule has 1 aromatic rings. The average Bonchev–Trinajstić information content (AvgIpc) is 3.24. The standard InChI is InChI=1S/C35H54O4SSi/c1-25-12-18-31(19-13-25)40(36,37)38-24-27(3)32-20-21-33-28(11-10-22-35(32,33)7)15-16-29-23-30(17-14-26(29)2)39-41(8,9)34(4,5)6/h12-13,15-16,18-19,27,30,32-33H,2,10-11,14,17,20-24H2,1,3-9H3/b28-15+,29-16+/t27-,30+,32-,33+,35-/m1/s1. The summed E-state index contributed by atoms with van der Waals surface area (Å²) in [5.74, 6) is 1.17. The summed E-state index contributed by atoms with van der Waals surface area (Å²) >= 11 is 0. The van der Waals surface area contributed by atoms with Gasteiger partial charge in [0.2, 0.25) is 0 Å². The predicted octanol–water partition coefficient (Wildman–Crippen LogP) is 9.54. The fraction of sp³-hybridized carbons (Fsp3) is 0.657. The van der Waals surface area contributed by atoms with Crippen LogP contribution in [0.3, 0.4) is 0 Å². The molecule has 0 saturated heterocycles. The molecule has 0 heterocycles. The molecule has 4 rings (SSSR count). The highest BCUT2D eigenvalue weighted by Gasteiger charge is 2.51. The number of allylic oxidation sites excluding steroid dienone is 4. The quantitative estimate of drug-likeness (QED) is 0.221. The molecule has 1 aromatic carbocycles. The highest BCUT2D eigenvalue weighted by Crippen LogP contribution is 2.59. The first-order chi connectivity index (χ1) is 19.0. The van der Waals surface area contributed by atoms with Crippen LogP contribution in [0, 0.1) is 30.1 Å². The normalized spacial score (nSPS) is 30.5. The predicted molar refractivity (Wildman–Crippen MR) is 173 cm³/mol. The number of benzene rings is 1. The summed E-state index contributed by atoms with van der Waals surface area (Å²) in [7, 11) is -5.55. The van der Waals surface area contributed by atoms with E-state index in [1.54, 1.807) is 17.7 Å². The zero-order valence-corrected chi connectivity index (χ0v) is 28.7. The molecule has 0 radical (unpaired) electrons. The Morgan fingerprint density at radius 3 is 2.44 bits per heavy atom. The van der Waals surface area contributed by atoms with E-state index in [1.807, 2.05) is 19.1 Å². The van der Waals surface area contributed by atoms with Crippen LogP contribution in [0.2, 0.25) is 18.1 Å². The monoisotopic (exact) mass is 598 g/mol. The van der Waals surface area contributed by atoms with E-state index in [9.17, 15) is 8.42 Å². The summed E-state index contributed by atoms with van der Waals surface area (Å²) in [5, 5.41) is 0.214. The van der Waals surface area contributed by atoms with Crippen LogP contribution in [0.15, 0.2) is 64.6 Å². The van der Waals surface area contributed by atoms with E-state index in [0.717, 1.165) is 37.7 Å². The molecular weight excluding hydrogens is 545 g/mol. The van der Waals surface area contributed by atoms with Gasteiger partial charge in [-0.25, -0.2) is 0 Å². The Labute approximate surface area is 251 Å². The molecule has 0 bridgehead atoms. The van der Waals surface area contributed by atoms with E-state index in [-0.39, 0.29) is 34.0 Å². The summed E-state index contributed by atoms with van der Waals surface area (Å²) in [6, 6.07) is 6.91. The molecular formula is C35H54O4SSi. The van der Waals surface area contributed by atoms with Crippen molar-refractivity contribution < 1.29 is 17.0 Å². The van der Waals surface area contributed by atoms with Gasteiger partial charge >= 0.3 is 0 Å². The lowest BCUT2D eigenvalue weighted by atomic mass is 9.61. The van der Waals surface area contributed by atoms with Gasteiger partial charge in [0.25, 0.3) is 10.1 Å². The molecule has 0 aliphatic heterocycles. The topological polar surface area (TPSA) is 52.6 Å². The second kappa shape index (κ2) is 12.3. The van der Waals surface area contributed by atoms with Gasteiger partial charge in [0, 0.05) is 6.10 Å². The summed E-state index contributed by atoms with van der Waals surface area (Å²) < 4.78 is 38.1. The van der Waals surface area contributed by atoms with Gasteiger partial charge in [-0.05, 0) is 117 Å². The van der Waals surface area contributed by atoms with E-state index in [0.29, 0.717) is 11.8 Å². The first kappa shape index (κ1) is 32.4. The van der Waals surface area contributed by atoms with E-state index in [2.05, 4.69) is 66.4 Å². The molecule has 0 N–H and O–H groups in total. The Morgan fingerprint density at radius 1 is 1.10 bits per heavy atom. The molecule has 228 valence electrons. The average molecular weight is 599 g/mol. The van der Waals surface area contributed by atoms with Crippen LogP contribution < -0.4 is 0 Å². The van der Waals surface area contributed by atoms with Crippen molar-refractivity contribution in [3.8, 4) is 0 Å². The van der Waals surface area contributed by atoms with Gasteiger partial charge < -0.3 is 4.43 Å². The Bertz CT molecular complexity index is 1270. The lowest BCUT2D eigenvalue weighted by molar-refractivity contribution is 0.0760. The lowest BCUT2D eigenvalue weighted by Crippen LogP contribution is -2.44. The zero-order chi connectivity index (χ0) is 30.2. The Balaban J connectivity index is 1.44. The van der Waals surface area contributed by atoms with Crippen molar-refractivity contribution in [2.75, 3.05) is 6.61 Å². The zero-order valence-electron chi connectivity index (χ0n) is 26.9. The van der Waals surface area contributed by atoms with Gasteiger partial charge in [-0.1, -0.05) is 82.2 Å². The number of aryl methyl sites for hydroxylation is 1. The third-order valence-corrected chi connectivity index (χ3v) is 16.8. The van der Waals surface area contributed by atoms with Gasteiger partial charge in [-0.2, -0.15) is 8.42 Å². The van der Waals surface area contributed by atoms with Gasteiger partial charge in [0.1, 0.15) is 0 Å². The van der Waals surface area contributed by atoms with Crippen LogP contribution in [-0.4, -0.2) is 29.4 Å². The molecule has 4 nitrogen and oxygen atoms in total. The van der Waals surface area contributed by atoms with Crippen molar-refractivity contribution in [3.63, 3.8) is 0 Å². The molecule has 3 fully saturated rings. The maximum Gasteiger partial charge on any atom is 0.296 e. The van der Waals surface area contributed by atoms with Crippen molar-refractivity contribution in [3.05, 3.63) is 65.3 Å². The molecule has 5 atom stereocenters. The van der Waals surface area contributed by atoms with Crippen molar-refractivity contribution in [2.45, 2.75) is 122 Å². The molecule has 3 aliphatic rings. The minimum absolute atomic E-state index is 0.175. The van der Waals surface area contributed by atoms with Crippen LogP contribution in [0.4, 0.5) is 0 Å². The third-order valence-electron chi connectivity index (χ3n) is 11.0. The summed E-state index contributed by atoms with van der Waals surface area (Å²) in [4.78, 5) is 0.239. The fourth-order valence-electron chi connectivity index (χ4n) is 7.38. The molecule has 0 spiro atoms. The van der Waals surface area contributed by atoms with Crippen molar-refractivity contribution >= 4 is 18.4 Å². The van der Waals surface area contributed by atoms with Crippen LogP contribution in [-0.2, 0) is 18.7 Å². The lowest BCUT2D eigenvalue weighted by Gasteiger charge is -2.44. The Hall–Kier alpha value is -1.47. The first-order valence-corrected chi connectivity index (χ1v) is 20.1. The summed E-state index contributed by atoms with van der Waals surface area (Å²) in [6.07, 6.45) is 13.9. The largest absolute Gasteiger partial charge is 0.414 e. The first-order valence-electron chi connectivity index (χ1n) is 15.8. The van der Waals surface area contributed by atoms with Gasteiger partial charge in [-0.3, -0.25) is 4.18 Å². The molecule has 41 heavy (non-hydrogen) atoms. The van der Waals surface area contributed by atoms with Crippen molar-refractivity contribution in [2.24, 2.45) is 23.2 Å². The second-order valence-corrected chi connectivity index (χ2v) is 21.3. The summed E-state index contributed by atoms with van der Waals surface area (Å²) in [6.45, 7) is 22.9. The van der Waals surface area contributed by atoms with Gasteiger partial charge in [-0.15, -0.1) is 0 Å². The van der Waals surface area contributed by atoms with Crippen LogP contribution in [0.1, 0.15) is 91.5 Å². The minimum Gasteiger partial charge on any atom is -0.414 e. The van der Waals surface area contributed by atoms with E-state index >= 15 is 0 Å². The SMILES string of the molecule is C=C1CC[C@H](O[Si](C)(C)C(C)(C)C)C/C1=C\C=C1/CCC[C@]2(C)[C@@H]([C@H](C)COS(=O)(=O)c3ccc(C)cc3)CC[C@@H]12. The van der Waals surface area contributed by atoms with Crippen molar-refractivity contribution in [1.29, 1.82) is 0 Å². The fourth-order valence-corrected chi connectivity index (χ4v) is 9.76. The van der Waals surface area contributed by atoms with Crippen LogP contribution in [0.5, 0.6) is 0 Å². The maximum absolute atomic E-state index is 12.8. The van der Waals surface area contributed by atoms with Gasteiger partial charge in [0.15, 0.2) is 8.32 Å². The Morgan fingerprint density at radius 2 is 1.78 bits per heavy atom. The number of hydrogen-bond donors (Lipinski definition) is 0.